The zero-order valence-electron chi connectivity index (χ0n) is 7.68. The first kappa shape index (κ1) is 10.4. The van der Waals surface area contributed by atoms with E-state index in [1.54, 1.807) is 0 Å². The predicted octanol–water partition coefficient (Wildman–Crippen LogP) is 0.263. The molecule has 0 saturated heterocycles. The zero-order valence-corrected chi connectivity index (χ0v) is 11.1. The van der Waals surface area contributed by atoms with Crippen molar-refractivity contribution in [2.45, 2.75) is 39.0 Å². The molecule has 0 bridgehead atoms. The molecule has 0 N–H and O–H groups in total. The van der Waals surface area contributed by atoms with E-state index in [4.69, 9.17) is 4.43 Å². The van der Waals surface area contributed by atoms with E-state index in [0.717, 1.165) is 5.92 Å². The van der Waals surface area contributed by atoms with Crippen LogP contribution in [0.25, 0.3) is 0 Å². The lowest BCUT2D eigenvalue weighted by molar-refractivity contribution is 0.289. The molecular weight excluding hydrogens is 156 g/mol. The Morgan fingerprint density at radius 3 is 2.50 bits per heavy atom. The lowest BCUT2D eigenvalue weighted by atomic mass is 10.3. The third-order valence-electron chi connectivity index (χ3n) is 1.67. The minimum atomic E-state index is -0.160. The maximum Gasteiger partial charge on any atom is 0.161 e. The molecule has 1 nitrogen and oxygen atoms in total. The van der Waals surface area contributed by atoms with E-state index in [-0.39, 0.29) is 9.76 Å². The van der Waals surface area contributed by atoms with Gasteiger partial charge < -0.3 is 4.43 Å². The highest BCUT2D eigenvalue weighted by Crippen LogP contribution is 2.00. The molecule has 0 aromatic carbocycles. The Hall–Kier alpha value is 0.394. The van der Waals surface area contributed by atoms with Gasteiger partial charge in [0, 0.05) is 16.0 Å². The van der Waals surface area contributed by atoms with E-state index in [0.29, 0.717) is 5.73 Å². The molecule has 0 aliphatic rings. The molecule has 0 aliphatic carbocycles. The molecule has 62 valence electrons. The van der Waals surface area contributed by atoms with Gasteiger partial charge >= 0.3 is 0 Å². The molecule has 0 heterocycles. The Bertz CT molecular complexity index is 76.0. The summed E-state index contributed by atoms with van der Waals surface area (Å²) in [4.78, 5) is 0. The van der Waals surface area contributed by atoms with Gasteiger partial charge in [0.25, 0.3) is 0 Å². The summed E-state index contributed by atoms with van der Waals surface area (Å²) in [6.07, 6.45) is 1.22. The zero-order chi connectivity index (χ0) is 7.98. The summed E-state index contributed by atoms with van der Waals surface area (Å²) in [5.74, 6) is 0.845. The molecule has 0 rings (SSSR count). The molecule has 3 heteroatoms. The van der Waals surface area contributed by atoms with E-state index in [2.05, 4.69) is 20.8 Å². The van der Waals surface area contributed by atoms with Gasteiger partial charge in [0.15, 0.2) is 9.76 Å². The molecule has 0 fully saturated rings. The van der Waals surface area contributed by atoms with Crippen molar-refractivity contribution in [2.24, 2.45) is 5.92 Å². The van der Waals surface area contributed by atoms with Crippen LogP contribution < -0.4 is 0 Å². The summed E-state index contributed by atoms with van der Waals surface area (Å²) in [5.41, 5.74) is 0.644. The van der Waals surface area contributed by atoms with Crippen LogP contribution in [0.1, 0.15) is 27.2 Å². The normalized spacial score (nSPS) is 15.6. The van der Waals surface area contributed by atoms with Crippen molar-refractivity contribution in [1.82, 2.24) is 0 Å². The van der Waals surface area contributed by atoms with Crippen molar-refractivity contribution in [3.8, 4) is 0 Å². The van der Waals surface area contributed by atoms with Crippen LogP contribution in [0.4, 0.5) is 0 Å². The van der Waals surface area contributed by atoms with E-state index in [1.165, 1.54) is 22.7 Å². The van der Waals surface area contributed by atoms with Crippen molar-refractivity contribution < 1.29 is 4.43 Å². The maximum absolute atomic E-state index is 5.70. The highest BCUT2D eigenvalue weighted by molar-refractivity contribution is 6.28. The van der Waals surface area contributed by atoms with Crippen molar-refractivity contribution >= 4 is 20.0 Å². The fourth-order valence-electron chi connectivity index (χ4n) is 0.623. The molecule has 0 saturated carbocycles. The molecule has 0 radical (unpaired) electrons. The fraction of sp³-hybridized carbons (Fsp3) is 1.00. The van der Waals surface area contributed by atoms with E-state index in [1.807, 2.05) is 0 Å². The van der Waals surface area contributed by atoms with Crippen molar-refractivity contribution in [2.75, 3.05) is 0 Å². The predicted molar refractivity (Wildman–Crippen MR) is 53.3 cm³/mol. The third kappa shape index (κ3) is 6.51. The summed E-state index contributed by atoms with van der Waals surface area (Å²) < 4.78 is 5.70. The minimum absolute atomic E-state index is 0.160. The van der Waals surface area contributed by atoms with Crippen LogP contribution in [-0.2, 0) is 4.43 Å². The standard InChI is InChI=1S/C7H20OSi2/c1-4-7(9)8-10-5-6(2)3/h6-7H,4-5,10H2,1-3,9H3. The van der Waals surface area contributed by atoms with Crippen molar-refractivity contribution in [1.29, 1.82) is 0 Å². The third-order valence-corrected chi connectivity index (χ3v) is 5.68. The topological polar surface area (TPSA) is 9.23 Å². The Labute approximate surface area is 69.9 Å². The molecule has 0 amide bonds. The van der Waals surface area contributed by atoms with Gasteiger partial charge in [0.1, 0.15) is 0 Å². The van der Waals surface area contributed by atoms with Crippen LogP contribution in [0.2, 0.25) is 6.04 Å². The van der Waals surface area contributed by atoms with Gasteiger partial charge in [-0.15, -0.1) is 0 Å². The largest absolute Gasteiger partial charge is 0.425 e. The van der Waals surface area contributed by atoms with Gasteiger partial charge in [-0.05, 0) is 18.4 Å². The van der Waals surface area contributed by atoms with Crippen LogP contribution in [0.5, 0.6) is 0 Å². The second-order valence-electron chi connectivity index (χ2n) is 3.27. The van der Waals surface area contributed by atoms with Crippen LogP contribution in [0, 0.1) is 5.92 Å². The lowest BCUT2D eigenvalue weighted by Gasteiger charge is -2.11. The van der Waals surface area contributed by atoms with E-state index < -0.39 is 0 Å². The molecule has 1 atom stereocenters. The van der Waals surface area contributed by atoms with E-state index >= 15 is 0 Å². The average molecular weight is 176 g/mol. The number of hydrogen-bond donors (Lipinski definition) is 0. The Morgan fingerprint density at radius 2 is 2.10 bits per heavy atom. The molecular formula is C7H20OSi2. The summed E-state index contributed by atoms with van der Waals surface area (Å²) in [6.45, 7) is 6.75. The van der Waals surface area contributed by atoms with Crippen LogP contribution in [-0.4, -0.2) is 25.7 Å². The monoisotopic (exact) mass is 176 g/mol. The highest BCUT2D eigenvalue weighted by Gasteiger charge is 1.99. The van der Waals surface area contributed by atoms with Crippen LogP contribution in [0.15, 0.2) is 0 Å². The van der Waals surface area contributed by atoms with Crippen LogP contribution in [0.3, 0.4) is 0 Å². The lowest BCUT2D eigenvalue weighted by Crippen LogP contribution is -2.15. The van der Waals surface area contributed by atoms with Gasteiger partial charge in [-0.3, -0.25) is 0 Å². The number of rotatable bonds is 5. The fourth-order valence-corrected chi connectivity index (χ4v) is 2.58. The summed E-state index contributed by atoms with van der Waals surface area (Å²) in [6, 6.07) is 1.35. The summed E-state index contributed by atoms with van der Waals surface area (Å²) in [7, 11) is 1.05. The average Bonchev–Trinajstić information content (AvgIpc) is 1.87. The highest BCUT2D eigenvalue weighted by atomic mass is 28.2. The van der Waals surface area contributed by atoms with Gasteiger partial charge in [-0.2, -0.15) is 0 Å². The Morgan fingerprint density at radius 1 is 1.50 bits per heavy atom. The molecule has 0 aromatic heterocycles. The second kappa shape index (κ2) is 6.13. The Kier molecular flexibility index (Phi) is 6.37. The Balaban J connectivity index is 3.03. The molecule has 0 aliphatic heterocycles. The first-order valence-corrected chi connectivity index (χ1v) is 7.01. The summed E-state index contributed by atoms with van der Waals surface area (Å²) in [5, 5.41) is 0. The second-order valence-corrected chi connectivity index (χ2v) is 5.88. The number of hydrogen-bond acceptors (Lipinski definition) is 1. The van der Waals surface area contributed by atoms with Gasteiger partial charge in [-0.25, -0.2) is 0 Å². The van der Waals surface area contributed by atoms with Crippen LogP contribution >= 0.6 is 0 Å². The minimum Gasteiger partial charge on any atom is -0.425 e. The summed E-state index contributed by atoms with van der Waals surface area (Å²) >= 11 is 0. The van der Waals surface area contributed by atoms with Gasteiger partial charge in [0.05, 0.1) is 0 Å². The van der Waals surface area contributed by atoms with E-state index in [9.17, 15) is 0 Å². The maximum atomic E-state index is 5.70. The first-order valence-electron chi connectivity index (χ1n) is 4.28. The molecule has 0 aromatic rings. The molecule has 1 unspecified atom stereocenters. The van der Waals surface area contributed by atoms with Crippen molar-refractivity contribution in [3.05, 3.63) is 0 Å². The molecule has 10 heavy (non-hydrogen) atoms. The first-order chi connectivity index (χ1) is 4.66. The smallest absolute Gasteiger partial charge is 0.161 e. The molecule has 0 spiro atoms. The van der Waals surface area contributed by atoms with Gasteiger partial charge in [-0.1, -0.05) is 20.8 Å². The SMILES string of the molecule is CCC([SiH3])O[SiH2]CC(C)C. The van der Waals surface area contributed by atoms with Crippen molar-refractivity contribution in [3.63, 3.8) is 0 Å². The van der Waals surface area contributed by atoms with Gasteiger partial charge in [0.2, 0.25) is 0 Å². The quantitative estimate of drug-likeness (QED) is 0.546.